The predicted octanol–water partition coefficient (Wildman–Crippen LogP) is 3.06. The Bertz CT molecular complexity index is 292. The quantitative estimate of drug-likeness (QED) is 0.731. The first-order valence-corrected chi connectivity index (χ1v) is 4.80. The molecular formula is C12H17O2. The van der Waals surface area contributed by atoms with Gasteiger partial charge in [0.2, 0.25) is 0 Å². The molecule has 1 radical (unpaired) electrons. The summed E-state index contributed by atoms with van der Waals surface area (Å²) in [5.74, 6) is 3.02. The number of rotatable bonds is 4. The lowest BCUT2D eigenvalue weighted by Gasteiger charge is -2.13. The van der Waals surface area contributed by atoms with Crippen LogP contribution in [-0.2, 0) is 0 Å². The van der Waals surface area contributed by atoms with Gasteiger partial charge in [0.25, 0.3) is 0 Å². The highest BCUT2D eigenvalue weighted by Crippen LogP contribution is 2.29. The summed E-state index contributed by atoms with van der Waals surface area (Å²) in [7, 11) is 1.67. The third kappa shape index (κ3) is 2.41. The van der Waals surface area contributed by atoms with Gasteiger partial charge in [0.1, 0.15) is 11.5 Å². The van der Waals surface area contributed by atoms with Crippen LogP contribution < -0.4 is 9.47 Å². The van der Waals surface area contributed by atoms with Gasteiger partial charge in [-0.3, -0.25) is 0 Å². The average molecular weight is 193 g/mol. The lowest BCUT2D eigenvalue weighted by molar-refractivity contribution is 0.336. The molecule has 0 aromatic heterocycles. The molecular weight excluding hydrogens is 176 g/mol. The Morgan fingerprint density at radius 2 is 2.00 bits per heavy atom. The van der Waals surface area contributed by atoms with Crippen molar-refractivity contribution in [2.45, 2.75) is 20.8 Å². The minimum atomic E-state index is 0.687. The van der Waals surface area contributed by atoms with Crippen molar-refractivity contribution in [2.75, 3.05) is 13.7 Å². The molecule has 0 aliphatic heterocycles. The van der Waals surface area contributed by atoms with Crippen molar-refractivity contribution < 1.29 is 9.47 Å². The van der Waals surface area contributed by atoms with E-state index in [0.717, 1.165) is 17.1 Å². The molecule has 0 N–H and O–H groups in total. The van der Waals surface area contributed by atoms with Gasteiger partial charge in [0, 0.05) is 11.5 Å². The fourth-order valence-electron chi connectivity index (χ4n) is 1.31. The van der Waals surface area contributed by atoms with E-state index in [0.29, 0.717) is 6.61 Å². The van der Waals surface area contributed by atoms with E-state index in [4.69, 9.17) is 9.47 Å². The van der Waals surface area contributed by atoms with E-state index in [9.17, 15) is 0 Å². The summed E-state index contributed by atoms with van der Waals surface area (Å²) in [6.45, 7) is 6.81. The Morgan fingerprint density at radius 3 is 2.50 bits per heavy atom. The van der Waals surface area contributed by atoms with Crippen LogP contribution in [0.15, 0.2) is 18.2 Å². The number of ether oxygens (including phenoxy) is 2. The fraction of sp³-hybridized carbons (Fsp3) is 0.417. The minimum absolute atomic E-state index is 0.687. The topological polar surface area (TPSA) is 18.5 Å². The van der Waals surface area contributed by atoms with E-state index in [1.54, 1.807) is 7.11 Å². The van der Waals surface area contributed by atoms with E-state index >= 15 is 0 Å². The van der Waals surface area contributed by atoms with Crippen LogP contribution in [0.5, 0.6) is 11.5 Å². The first-order chi connectivity index (χ1) is 6.69. The number of benzene rings is 1. The maximum atomic E-state index is 5.52. The van der Waals surface area contributed by atoms with Gasteiger partial charge in [-0.25, -0.2) is 0 Å². The Kier molecular flexibility index (Phi) is 3.81. The summed E-state index contributed by atoms with van der Waals surface area (Å²) in [4.78, 5) is 0. The largest absolute Gasteiger partial charge is 0.497 e. The fourth-order valence-corrected chi connectivity index (χ4v) is 1.31. The van der Waals surface area contributed by atoms with E-state index in [1.807, 2.05) is 25.1 Å². The summed E-state index contributed by atoms with van der Waals surface area (Å²) in [6.07, 6.45) is 0. The van der Waals surface area contributed by atoms with Gasteiger partial charge in [0.05, 0.1) is 13.7 Å². The predicted molar refractivity (Wildman–Crippen MR) is 57.9 cm³/mol. The van der Waals surface area contributed by atoms with Crippen LogP contribution in [0, 0.1) is 5.92 Å². The third-order valence-corrected chi connectivity index (χ3v) is 2.03. The van der Waals surface area contributed by atoms with Gasteiger partial charge < -0.3 is 9.47 Å². The molecule has 1 aromatic carbocycles. The van der Waals surface area contributed by atoms with Crippen molar-refractivity contribution in [3.63, 3.8) is 0 Å². The Hall–Kier alpha value is -1.18. The summed E-state index contributed by atoms with van der Waals surface area (Å²) in [5, 5.41) is 0. The molecule has 77 valence electrons. The van der Waals surface area contributed by atoms with Crippen molar-refractivity contribution >= 4 is 0 Å². The van der Waals surface area contributed by atoms with Crippen molar-refractivity contribution in [2.24, 2.45) is 0 Å². The first-order valence-electron chi connectivity index (χ1n) is 4.80. The van der Waals surface area contributed by atoms with E-state index < -0.39 is 0 Å². The van der Waals surface area contributed by atoms with Crippen LogP contribution in [0.25, 0.3) is 0 Å². The molecule has 0 atom stereocenters. The molecule has 0 amide bonds. The van der Waals surface area contributed by atoms with Gasteiger partial charge >= 0.3 is 0 Å². The van der Waals surface area contributed by atoms with Crippen LogP contribution in [0.2, 0.25) is 0 Å². The second kappa shape index (κ2) is 4.89. The molecule has 0 saturated carbocycles. The summed E-state index contributed by atoms with van der Waals surface area (Å²) in [5.41, 5.74) is 1.12. The smallest absolute Gasteiger partial charge is 0.123 e. The van der Waals surface area contributed by atoms with Crippen LogP contribution in [0.3, 0.4) is 0 Å². The molecule has 0 spiro atoms. The molecule has 14 heavy (non-hydrogen) atoms. The molecule has 0 aliphatic carbocycles. The second-order valence-electron chi connectivity index (χ2n) is 3.30. The lowest BCUT2D eigenvalue weighted by atomic mass is 10.0. The summed E-state index contributed by atoms with van der Waals surface area (Å²) < 4.78 is 10.7. The second-order valence-corrected chi connectivity index (χ2v) is 3.30. The molecule has 0 unspecified atom stereocenters. The molecule has 0 heterocycles. The Morgan fingerprint density at radius 1 is 1.29 bits per heavy atom. The van der Waals surface area contributed by atoms with E-state index in [1.165, 1.54) is 5.92 Å². The van der Waals surface area contributed by atoms with E-state index in [-0.39, 0.29) is 0 Å². The number of hydrogen-bond acceptors (Lipinski definition) is 2. The number of hydrogen-bond donors (Lipinski definition) is 0. The van der Waals surface area contributed by atoms with Crippen molar-refractivity contribution in [1.82, 2.24) is 0 Å². The maximum Gasteiger partial charge on any atom is 0.123 e. The van der Waals surface area contributed by atoms with Crippen molar-refractivity contribution in [1.29, 1.82) is 0 Å². The van der Waals surface area contributed by atoms with Gasteiger partial charge in [0.15, 0.2) is 0 Å². The molecule has 2 nitrogen and oxygen atoms in total. The van der Waals surface area contributed by atoms with Gasteiger partial charge in [-0.2, -0.15) is 0 Å². The third-order valence-electron chi connectivity index (χ3n) is 2.03. The van der Waals surface area contributed by atoms with Crippen LogP contribution >= 0.6 is 0 Å². The zero-order chi connectivity index (χ0) is 10.6. The molecule has 0 saturated heterocycles. The highest BCUT2D eigenvalue weighted by Gasteiger charge is 2.09. The molecule has 1 rings (SSSR count). The van der Waals surface area contributed by atoms with Crippen molar-refractivity contribution in [3.8, 4) is 11.5 Å². The zero-order valence-electron chi connectivity index (χ0n) is 9.26. The van der Waals surface area contributed by atoms with Crippen molar-refractivity contribution in [3.05, 3.63) is 29.7 Å². The SMILES string of the molecule is CCOc1ccc(OC)cc1[C](C)C. The molecule has 0 bridgehead atoms. The minimum Gasteiger partial charge on any atom is -0.497 e. The van der Waals surface area contributed by atoms with Crippen LogP contribution in [-0.4, -0.2) is 13.7 Å². The Balaban J connectivity index is 3.03. The highest BCUT2D eigenvalue weighted by atomic mass is 16.5. The van der Waals surface area contributed by atoms with Crippen LogP contribution in [0.1, 0.15) is 26.3 Å². The average Bonchev–Trinajstić information content (AvgIpc) is 2.18. The monoisotopic (exact) mass is 193 g/mol. The maximum absolute atomic E-state index is 5.52. The molecule has 0 fully saturated rings. The molecule has 1 aromatic rings. The molecule has 0 aliphatic rings. The van der Waals surface area contributed by atoms with E-state index in [2.05, 4.69) is 13.8 Å². The number of methoxy groups -OCH3 is 1. The highest BCUT2D eigenvalue weighted by molar-refractivity contribution is 5.46. The zero-order valence-corrected chi connectivity index (χ0v) is 9.26. The van der Waals surface area contributed by atoms with Gasteiger partial charge in [-0.1, -0.05) is 13.8 Å². The normalized spacial score (nSPS) is 10.4. The van der Waals surface area contributed by atoms with Crippen LogP contribution in [0.4, 0.5) is 0 Å². The van der Waals surface area contributed by atoms with Gasteiger partial charge in [-0.05, 0) is 25.1 Å². The summed E-state index contributed by atoms with van der Waals surface area (Å²) in [6, 6.07) is 5.86. The molecule has 2 heteroatoms. The van der Waals surface area contributed by atoms with Gasteiger partial charge in [-0.15, -0.1) is 0 Å². The standard InChI is InChI=1S/C12H17O2/c1-5-14-12-7-6-10(13-4)8-11(12)9(2)3/h6-8H,5H2,1-4H3. The summed E-state index contributed by atoms with van der Waals surface area (Å²) >= 11 is 0. The lowest BCUT2D eigenvalue weighted by Crippen LogP contribution is -1.99. The first kappa shape index (κ1) is 10.9. The Labute approximate surface area is 85.8 Å².